The molecule has 158 valence electrons. The molecule has 1 aliphatic rings. The lowest BCUT2D eigenvalue weighted by molar-refractivity contribution is 0.595. The molecular weight excluding hydrogens is 458 g/mol. The highest BCUT2D eigenvalue weighted by Gasteiger charge is 2.24. The number of hydrogen-bond donors (Lipinski definition) is 0. The quantitative estimate of drug-likeness (QED) is 0.388. The predicted octanol–water partition coefficient (Wildman–Crippen LogP) is 5.59. The van der Waals surface area contributed by atoms with Gasteiger partial charge in [0.1, 0.15) is 10.6 Å². The zero-order chi connectivity index (χ0) is 21.7. The Kier molecular flexibility index (Phi) is 5.24. The van der Waals surface area contributed by atoms with Gasteiger partial charge in [-0.2, -0.15) is 0 Å². The normalized spacial score (nSPS) is 13.5. The van der Waals surface area contributed by atoms with Gasteiger partial charge in [0.15, 0.2) is 0 Å². The molecule has 0 radical (unpaired) electrons. The number of benzene rings is 2. The van der Waals surface area contributed by atoms with Gasteiger partial charge in [-0.25, -0.2) is 13.8 Å². The lowest BCUT2D eigenvalue weighted by Crippen LogP contribution is -2.39. The Bertz CT molecular complexity index is 1450. The largest absolute Gasteiger partial charge is 0.337 e. The molecule has 1 aliphatic carbocycles. The third-order valence-electron chi connectivity index (χ3n) is 5.68. The van der Waals surface area contributed by atoms with Gasteiger partial charge in [0.25, 0.3) is 5.56 Å². The molecule has 0 spiro atoms. The minimum atomic E-state index is -0.530. The number of aryl methyl sites for hydroxylation is 2. The number of nitrogens with zero attached hydrogens (tertiary/aromatic N) is 2. The van der Waals surface area contributed by atoms with Crippen LogP contribution < -0.4 is 11.2 Å². The minimum Gasteiger partial charge on any atom is -0.279 e. The Hall–Kier alpha value is -2.41. The number of halogens is 3. The summed E-state index contributed by atoms with van der Waals surface area (Å²) in [5.74, 6) is -0.392. The summed E-state index contributed by atoms with van der Waals surface area (Å²) in [4.78, 5) is 28.8. The van der Waals surface area contributed by atoms with Gasteiger partial charge in [0.2, 0.25) is 0 Å². The topological polar surface area (TPSA) is 44.0 Å². The van der Waals surface area contributed by atoms with Gasteiger partial charge in [-0.05, 0) is 55.5 Å². The third kappa shape index (κ3) is 3.43. The van der Waals surface area contributed by atoms with Crippen molar-refractivity contribution in [2.75, 3.05) is 0 Å². The maximum atomic E-state index is 14.4. The molecule has 0 saturated carbocycles. The van der Waals surface area contributed by atoms with Crippen LogP contribution >= 0.6 is 34.5 Å². The fourth-order valence-electron chi connectivity index (χ4n) is 4.16. The standard InChI is InChI=1S/C23H17Cl2FN2O2S/c24-16-10-9-14(11-17(16)25)28-21(29)20-15-6-2-4-8-19(15)31-22(20)27(23(28)30)12-13-5-1-3-7-18(13)26/h1,3,5,7,9-11H,2,4,6,8,12H2. The van der Waals surface area contributed by atoms with E-state index in [1.54, 1.807) is 30.3 Å². The average Bonchev–Trinajstić information content (AvgIpc) is 3.14. The molecular formula is C23H17Cl2FN2O2S. The summed E-state index contributed by atoms with van der Waals surface area (Å²) in [6.45, 7) is 0.0308. The van der Waals surface area contributed by atoms with Gasteiger partial charge in [0, 0.05) is 10.4 Å². The summed E-state index contributed by atoms with van der Waals surface area (Å²) in [6, 6.07) is 11.0. The van der Waals surface area contributed by atoms with E-state index in [1.165, 1.54) is 28.0 Å². The summed E-state index contributed by atoms with van der Waals surface area (Å²) < 4.78 is 17.0. The molecule has 0 bridgehead atoms. The van der Waals surface area contributed by atoms with Crippen molar-refractivity contribution in [3.05, 3.63) is 95.2 Å². The zero-order valence-electron chi connectivity index (χ0n) is 16.3. The van der Waals surface area contributed by atoms with Crippen molar-refractivity contribution in [3.8, 4) is 5.69 Å². The van der Waals surface area contributed by atoms with Crippen LogP contribution in [-0.2, 0) is 19.4 Å². The monoisotopic (exact) mass is 474 g/mol. The summed E-state index contributed by atoms with van der Waals surface area (Å²) in [5.41, 5.74) is 0.827. The van der Waals surface area contributed by atoms with Crippen LogP contribution in [0.15, 0.2) is 52.1 Å². The maximum absolute atomic E-state index is 14.4. The number of hydrogen-bond acceptors (Lipinski definition) is 3. The molecule has 0 saturated heterocycles. The molecule has 0 fully saturated rings. The molecule has 0 N–H and O–H groups in total. The average molecular weight is 475 g/mol. The van der Waals surface area contributed by atoms with Crippen LogP contribution in [0, 0.1) is 5.82 Å². The number of thiophene rings is 1. The second-order valence-electron chi connectivity index (χ2n) is 7.59. The highest BCUT2D eigenvalue weighted by atomic mass is 35.5. The molecule has 0 unspecified atom stereocenters. The SMILES string of the molecule is O=c1c2c3c(sc2n(Cc2ccccc2F)c(=O)n1-c1ccc(Cl)c(Cl)c1)CCCC3. The predicted molar refractivity (Wildman–Crippen MR) is 124 cm³/mol. The Balaban J connectivity index is 1.85. The first-order valence-electron chi connectivity index (χ1n) is 9.94. The molecule has 2 aromatic carbocycles. The van der Waals surface area contributed by atoms with Crippen molar-refractivity contribution in [1.82, 2.24) is 9.13 Å². The summed E-state index contributed by atoms with van der Waals surface area (Å²) in [7, 11) is 0. The fraction of sp³-hybridized carbons (Fsp3) is 0.217. The molecule has 0 amide bonds. The van der Waals surface area contributed by atoms with Crippen molar-refractivity contribution in [1.29, 1.82) is 0 Å². The first kappa shape index (κ1) is 20.5. The van der Waals surface area contributed by atoms with Gasteiger partial charge in [-0.1, -0.05) is 41.4 Å². The lowest BCUT2D eigenvalue weighted by Gasteiger charge is -2.14. The van der Waals surface area contributed by atoms with E-state index in [0.29, 0.717) is 26.5 Å². The first-order chi connectivity index (χ1) is 15.0. The van der Waals surface area contributed by atoms with E-state index in [9.17, 15) is 14.0 Å². The summed E-state index contributed by atoms with van der Waals surface area (Å²) in [6.07, 6.45) is 3.73. The van der Waals surface area contributed by atoms with E-state index in [4.69, 9.17) is 23.2 Å². The van der Waals surface area contributed by atoms with E-state index in [-0.39, 0.29) is 17.1 Å². The smallest absolute Gasteiger partial charge is 0.279 e. The molecule has 8 heteroatoms. The van der Waals surface area contributed by atoms with Gasteiger partial charge in [-0.15, -0.1) is 11.3 Å². The van der Waals surface area contributed by atoms with Gasteiger partial charge in [0.05, 0.1) is 27.7 Å². The molecule has 4 aromatic rings. The molecule has 0 aliphatic heterocycles. The van der Waals surface area contributed by atoms with Crippen LogP contribution in [-0.4, -0.2) is 9.13 Å². The van der Waals surface area contributed by atoms with Crippen LogP contribution in [0.1, 0.15) is 28.8 Å². The molecule has 31 heavy (non-hydrogen) atoms. The van der Waals surface area contributed by atoms with Crippen molar-refractivity contribution in [3.63, 3.8) is 0 Å². The van der Waals surface area contributed by atoms with Crippen molar-refractivity contribution in [2.45, 2.75) is 32.2 Å². The number of aromatic nitrogens is 2. The molecule has 0 atom stereocenters. The second-order valence-corrected chi connectivity index (χ2v) is 9.49. The Morgan fingerprint density at radius 1 is 1.00 bits per heavy atom. The van der Waals surface area contributed by atoms with Crippen LogP contribution in [0.2, 0.25) is 10.0 Å². The van der Waals surface area contributed by atoms with Gasteiger partial charge >= 0.3 is 5.69 Å². The molecule has 4 nitrogen and oxygen atoms in total. The fourth-order valence-corrected chi connectivity index (χ4v) is 5.82. The van der Waals surface area contributed by atoms with Crippen molar-refractivity contribution < 1.29 is 4.39 Å². The van der Waals surface area contributed by atoms with Crippen LogP contribution in [0.4, 0.5) is 4.39 Å². The van der Waals surface area contributed by atoms with Crippen LogP contribution in [0.3, 0.4) is 0 Å². The Morgan fingerprint density at radius 3 is 2.55 bits per heavy atom. The number of rotatable bonds is 3. The molecule has 2 aromatic heterocycles. The number of fused-ring (bicyclic) bond motifs is 3. The highest BCUT2D eigenvalue weighted by Crippen LogP contribution is 2.35. The molecule has 5 rings (SSSR count). The Morgan fingerprint density at radius 2 is 1.77 bits per heavy atom. The third-order valence-corrected chi connectivity index (χ3v) is 7.74. The summed E-state index contributed by atoms with van der Waals surface area (Å²) in [5, 5.41) is 1.12. The highest BCUT2D eigenvalue weighted by molar-refractivity contribution is 7.18. The van der Waals surface area contributed by atoms with Gasteiger partial charge < -0.3 is 0 Å². The Labute approximate surface area is 191 Å². The lowest BCUT2D eigenvalue weighted by atomic mass is 9.97. The minimum absolute atomic E-state index is 0.0308. The van der Waals surface area contributed by atoms with E-state index >= 15 is 0 Å². The van der Waals surface area contributed by atoms with E-state index < -0.39 is 11.5 Å². The van der Waals surface area contributed by atoms with E-state index in [0.717, 1.165) is 40.7 Å². The van der Waals surface area contributed by atoms with Gasteiger partial charge in [-0.3, -0.25) is 9.36 Å². The maximum Gasteiger partial charge on any atom is 0.337 e. The molecule has 2 heterocycles. The first-order valence-corrected chi connectivity index (χ1v) is 11.5. The second kappa shape index (κ2) is 7.93. The summed E-state index contributed by atoms with van der Waals surface area (Å²) >= 11 is 13.7. The van der Waals surface area contributed by atoms with Crippen molar-refractivity contribution in [2.24, 2.45) is 0 Å². The zero-order valence-corrected chi connectivity index (χ0v) is 18.7. The van der Waals surface area contributed by atoms with E-state index in [1.807, 2.05) is 0 Å². The van der Waals surface area contributed by atoms with E-state index in [2.05, 4.69) is 0 Å². The van der Waals surface area contributed by atoms with Crippen molar-refractivity contribution >= 4 is 44.8 Å². The van der Waals surface area contributed by atoms with Crippen LogP contribution in [0.25, 0.3) is 15.9 Å². The van der Waals surface area contributed by atoms with Crippen LogP contribution in [0.5, 0.6) is 0 Å².